The summed E-state index contributed by atoms with van der Waals surface area (Å²) < 4.78 is 5.05. The Kier molecular flexibility index (Phi) is 5.01. The normalized spacial score (nSPS) is 23.9. The van der Waals surface area contributed by atoms with Crippen molar-refractivity contribution < 1.29 is 14.6 Å². The molecule has 0 saturated carbocycles. The molecule has 5 nitrogen and oxygen atoms in total. The summed E-state index contributed by atoms with van der Waals surface area (Å²) in [6.45, 7) is 1.52. The van der Waals surface area contributed by atoms with Crippen LogP contribution in [0.5, 0.6) is 0 Å². The van der Waals surface area contributed by atoms with Crippen LogP contribution in [-0.2, 0) is 9.53 Å². The van der Waals surface area contributed by atoms with Gasteiger partial charge in [-0.25, -0.2) is 0 Å². The van der Waals surface area contributed by atoms with Gasteiger partial charge in [0.1, 0.15) is 0 Å². The zero-order chi connectivity index (χ0) is 11.3. The zero-order valence-corrected chi connectivity index (χ0v) is 9.19. The van der Waals surface area contributed by atoms with Crippen molar-refractivity contribution in [1.29, 1.82) is 0 Å². The molecular formula is C10H20N2O3. The van der Waals surface area contributed by atoms with Crippen molar-refractivity contribution in [1.82, 2.24) is 4.90 Å². The molecule has 0 aromatic rings. The standard InChI is InChI=1S/C10H20N2O3/c1-15-9(6-11)5-10(14)12-4-2-3-8(13)7-12/h8-9,13H,2-7,11H2,1H3. The van der Waals surface area contributed by atoms with Crippen molar-refractivity contribution >= 4 is 5.91 Å². The third kappa shape index (κ3) is 3.77. The summed E-state index contributed by atoms with van der Waals surface area (Å²) in [7, 11) is 1.55. The van der Waals surface area contributed by atoms with E-state index in [1.165, 1.54) is 0 Å². The van der Waals surface area contributed by atoms with E-state index >= 15 is 0 Å². The number of nitrogens with zero attached hydrogens (tertiary/aromatic N) is 1. The predicted molar refractivity (Wildman–Crippen MR) is 56.3 cm³/mol. The SMILES string of the molecule is COC(CN)CC(=O)N1CCCC(O)C1. The summed E-state index contributed by atoms with van der Waals surface area (Å²) in [4.78, 5) is 13.4. The fourth-order valence-corrected chi connectivity index (χ4v) is 1.77. The average molecular weight is 216 g/mol. The third-order valence-electron chi connectivity index (χ3n) is 2.75. The lowest BCUT2D eigenvalue weighted by Gasteiger charge is -2.31. The zero-order valence-electron chi connectivity index (χ0n) is 9.19. The van der Waals surface area contributed by atoms with Crippen LogP contribution in [0.15, 0.2) is 0 Å². The van der Waals surface area contributed by atoms with E-state index in [-0.39, 0.29) is 18.1 Å². The summed E-state index contributed by atoms with van der Waals surface area (Å²) in [6.07, 6.45) is 1.37. The minimum absolute atomic E-state index is 0.0195. The van der Waals surface area contributed by atoms with Crippen LogP contribution in [-0.4, -0.2) is 54.9 Å². The second kappa shape index (κ2) is 6.05. The van der Waals surface area contributed by atoms with Crippen LogP contribution in [0.3, 0.4) is 0 Å². The van der Waals surface area contributed by atoms with Gasteiger partial charge in [-0.2, -0.15) is 0 Å². The number of hydrogen-bond acceptors (Lipinski definition) is 4. The third-order valence-corrected chi connectivity index (χ3v) is 2.75. The molecule has 1 saturated heterocycles. The number of ether oxygens (including phenoxy) is 1. The molecule has 1 rings (SSSR count). The van der Waals surface area contributed by atoms with E-state index in [1.54, 1.807) is 12.0 Å². The van der Waals surface area contributed by atoms with E-state index < -0.39 is 0 Å². The van der Waals surface area contributed by atoms with Crippen molar-refractivity contribution in [2.75, 3.05) is 26.7 Å². The van der Waals surface area contributed by atoms with Crippen LogP contribution in [0.25, 0.3) is 0 Å². The van der Waals surface area contributed by atoms with Gasteiger partial charge < -0.3 is 20.5 Å². The maximum atomic E-state index is 11.8. The fraction of sp³-hybridized carbons (Fsp3) is 0.900. The molecule has 0 spiro atoms. The second-order valence-corrected chi connectivity index (χ2v) is 3.93. The molecule has 2 unspecified atom stereocenters. The number of piperidine rings is 1. The summed E-state index contributed by atoms with van der Waals surface area (Å²) in [5, 5.41) is 9.43. The lowest BCUT2D eigenvalue weighted by molar-refractivity contribution is -0.136. The largest absolute Gasteiger partial charge is 0.391 e. The van der Waals surface area contributed by atoms with Gasteiger partial charge in [0.2, 0.25) is 5.91 Å². The molecule has 0 aromatic carbocycles. The number of aliphatic hydroxyl groups excluding tert-OH is 1. The Hall–Kier alpha value is -0.650. The molecule has 5 heteroatoms. The van der Waals surface area contributed by atoms with Gasteiger partial charge in [-0.1, -0.05) is 0 Å². The van der Waals surface area contributed by atoms with E-state index in [0.29, 0.717) is 19.5 Å². The molecule has 88 valence electrons. The average Bonchev–Trinajstić information content (AvgIpc) is 2.25. The quantitative estimate of drug-likeness (QED) is 0.653. The highest BCUT2D eigenvalue weighted by Crippen LogP contribution is 2.12. The van der Waals surface area contributed by atoms with Crippen LogP contribution >= 0.6 is 0 Å². The molecule has 2 atom stereocenters. The highest BCUT2D eigenvalue weighted by Gasteiger charge is 2.23. The van der Waals surface area contributed by atoms with Gasteiger partial charge in [0.15, 0.2) is 0 Å². The molecule has 1 fully saturated rings. The predicted octanol–water partition coefficient (Wildman–Crippen LogP) is -0.666. The van der Waals surface area contributed by atoms with Crippen LogP contribution in [0.4, 0.5) is 0 Å². The van der Waals surface area contributed by atoms with Crippen LogP contribution in [0.1, 0.15) is 19.3 Å². The summed E-state index contributed by atoms with van der Waals surface area (Å²) in [6, 6.07) is 0. The molecule has 1 aliphatic heterocycles. The summed E-state index contributed by atoms with van der Waals surface area (Å²) in [5.41, 5.74) is 5.44. The topological polar surface area (TPSA) is 75.8 Å². The number of hydrogen-bond donors (Lipinski definition) is 2. The van der Waals surface area contributed by atoms with E-state index in [4.69, 9.17) is 10.5 Å². The first-order valence-electron chi connectivity index (χ1n) is 5.36. The van der Waals surface area contributed by atoms with Gasteiger partial charge in [0, 0.05) is 26.7 Å². The molecule has 0 aliphatic carbocycles. The number of β-amino-alcohol motifs (C(OH)–C–C–N with tert-alkyl or cyclic N) is 1. The first kappa shape index (κ1) is 12.4. The number of aliphatic hydroxyl groups is 1. The Morgan fingerprint density at radius 3 is 3.00 bits per heavy atom. The molecule has 15 heavy (non-hydrogen) atoms. The smallest absolute Gasteiger partial charge is 0.225 e. The molecule has 0 bridgehead atoms. The van der Waals surface area contributed by atoms with Gasteiger partial charge in [-0.15, -0.1) is 0 Å². The minimum Gasteiger partial charge on any atom is -0.391 e. The van der Waals surface area contributed by atoms with Gasteiger partial charge in [-0.05, 0) is 12.8 Å². The van der Waals surface area contributed by atoms with E-state index in [2.05, 4.69) is 0 Å². The lowest BCUT2D eigenvalue weighted by Crippen LogP contribution is -2.44. The molecular weight excluding hydrogens is 196 g/mol. The monoisotopic (exact) mass is 216 g/mol. The molecule has 0 aromatic heterocycles. The Morgan fingerprint density at radius 1 is 1.73 bits per heavy atom. The second-order valence-electron chi connectivity index (χ2n) is 3.93. The summed E-state index contributed by atoms with van der Waals surface area (Å²) in [5.74, 6) is 0.0195. The Morgan fingerprint density at radius 2 is 2.47 bits per heavy atom. The highest BCUT2D eigenvalue weighted by molar-refractivity contribution is 5.76. The molecule has 1 amide bonds. The van der Waals surface area contributed by atoms with Gasteiger partial charge in [-0.3, -0.25) is 4.79 Å². The number of carbonyl (C=O) groups excluding carboxylic acids is 1. The van der Waals surface area contributed by atoms with Crippen molar-refractivity contribution in [3.05, 3.63) is 0 Å². The number of nitrogens with two attached hydrogens (primary N) is 1. The van der Waals surface area contributed by atoms with Crippen LogP contribution in [0.2, 0.25) is 0 Å². The highest BCUT2D eigenvalue weighted by atomic mass is 16.5. The molecule has 0 radical (unpaired) electrons. The first-order chi connectivity index (χ1) is 7.17. The number of amides is 1. The van der Waals surface area contributed by atoms with Gasteiger partial charge in [0.05, 0.1) is 18.6 Å². The Bertz CT molecular complexity index is 207. The number of methoxy groups -OCH3 is 1. The summed E-state index contributed by atoms with van der Waals surface area (Å²) >= 11 is 0. The molecule has 3 N–H and O–H groups in total. The Balaban J connectivity index is 2.38. The van der Waals surface area contributed by atoms with Crippen molar-refractivity contribution in [2.45, 2.75) is 31.5 Å². The van der Waals surface area contributed by atoms with Crippen LogP contribution < -0.4 is 5.73 Å². The van der Waals surface area contributed by atoms with Crippen molar-refractivity contribution in [3.63, 3.8) is 0 Å². The molecule has 1 aliphatic rings. The van der Waals surface area contributed by atoms with E-state index in [9.17, 15) is 9.90 Å². The lowest BCUT2D eigenvalue weighted by atomic mass is 10.1. The van der Waals surface area contributed by atoms with Crippen LogP contribution in [0, 0.1) is 0 Å². The first-order valence-corrected chi connectivity index (χ1v) is 5.36. The molecule has 1 heterocycles. The van der Waals surface area contributed by atoms with E-state index in [0.717, 1.165) is 19.4 Å². The minimum atomic E-state index is -0.374. The maximum Gasteiger partial charge on any atom is 0.225 e. The van der Waals surface area contributed by atoms with E-state index in [1.807, 2.05) is 0 Å². The van der Waals surface area contributed by atoms with Gasteiger partial charge in [0.25, 0.3) is 0 Å². The number of carbonyl (C=O) groups is 1. The van der Waals surface area contributed by atoms with Crippen molar-refractivity contribution in [2.24, 2.45) is 5.73 Å². The maximum absolute atomic E-state index is 11.8. The Labute approximate surface area is 90.2 Å². The number of rotatable bonds is 4. The number of likely N-dealkylation sites (tertiary alicyclic amines) is 1. The van der Waals surface area contributed by atoms with Gasteiger partial charge >= 0.3 is 0 Å². The van der Waals surface area contributed by atoms with Crippen molar-refractivity contribution in [3.8, 4) is 0 Å². The fourth-order valence-electron chi connectivity index (χ4n) is 1.77.